The molecule has 6 saturated heterocycles. The molecule has 6 aliphatic heterocycles. The predicted molar refractivity (Wildman–Crippen MR) is 199 cm³/mol. The lowest BCUT2D eigenvalue weighted by Crippen LogP contribution is -2.69. The molecule has 0 amide bonds. The van der Waals surface area contributed by atoms with Crippen molar-refractivity contribution in [1.29, 1.82) is 0 Å². The van der Waals surface area contributed by atoms with Crippen LogP contribution in [-0.2, 0) is 52.1 Å². The summed E-state index contributed by atoms with van der Waals surface area (Å²) in [5.74, 6) is 0. The Bertz CT molecular complexity index is 1510. The largest absolute Gasteiger partial charge is 0.394 e. The van der Waals surface area contributed by atoms with Gasteiger partial charge in [0.15, 0.2) is 37.7 Å². The Balaban J connectivity index is 1.28. The number of hydrogen-bond acceptors (Lipinski definition) is 31. The fraction of sp³-hybridized carbons (Fsp3) is 1.00. The third-order valence-corrected chi connectivity index (χ3v) is 12.4. The average Bonchev–Trinajstić information content (AvgIpc) is 3.31. The topological polar surface area (TPSA) is 506 Å². The first-order valence-corrected chi connectivity index (χ1v) is 21.1. The Morgan fingerprint density at radius 1 is 0.224 bits per heavy atom. The van der Waals surface area contributed by atoms with E-state index >= 15 is 0 Å². The highest BCUT2D eigenvalue weighted by Crippen LogP contribution is 2.37. The molecule has 0 aromatic carbocycles. The minimum absolute atomic E-state index is 0.863. The summed E-state index contributed by atoms with van der Waals surface area (Å²) in [6, 6.07) is 0. The van der Waals surface area contributed by atoms with Crippen molar-refractivity contribution < 1.29 is 154 Å². The van der Waals surface area contributed by atoms with Crippen LogP contribution in [0.25, 0.3) is 0 Å². The zero-order valence-corrected chi connectivity index (χ0v) is 35.0. The van der Waals surface area contributed by atoms with E-state index < -0.39 is 224 Å². The van der Waals surface area contributed by atoms with Gasteiger partial charge in [0.25, 0.3) is 0 Å². The molecule has 6 fully saturated rings. The van der Waals surface area contributed by atoms with Gasteiger partial charge in [-0.25, -0.2) is 0 Å². The van der Waals surface area contributed by atoms with E-state index in [1.165, 1.54) is 0 Å². The van der Waals surface area contributed by atoms with Crippen molar-refractivity contribution in [2.45, 2.75) is 184 Å². The van der Waals surface area contributed by atoms with Crippen molar-refractivity contribution in [1.82, 2.24) is 0 Å². The van der Waals surface area contributed by atoms with Crippen LogP contribution in [0.2, 0.25) is 0 Å². The van der Waals surface area contributed by atoms with Crippen LogP contribution < -0.4 is 0 Å². The molecule has 20 N–H and O–H groups in total. The molecule has 67 heavy (non-hydrogen) atoms. The van der Waals surface area contributed by atoms with E-state index in [4.69, 9.17) is 52.1 Å². The third kappa shape index (κ3) is 11.2. The molecule has 0 radical (unpaired) electrons. The van der Waals surface area contributed by atoms with Gasteiger partial charge in [0, 0.05) is 0 Å². The molecule has 31 heteroatoms. The molecule has 6 rings (SSSR count). The van der Waals surface area contributed by atoms with E-state index in [0.717, 1.165) is 0 Å². The highest BCUT2D eigenvalue weighted by atomic mass is 16.8. The molecule has 392 valence electrons. The Morgan fingerprint density at radius 3 is 0.851 bits per heavy atom. The van der Waals surface area contributed by atoms with Crippen LogP contribution in [0.4, 0.5) is 0 Å². The van der Waals surface area contributed by atoms with Crippen molar-refractivity contribution in [3.8, 4) is 0 Å². The van der Waals surface area contributed by atoms with Crippen LogP contribution in [0.1, 0.15) is 0 Å². The van der Waals surface area contributed by atoms with Crippen LogP contribution >= 0.6 is 0 Å². The minimum Gasteiger partial charge on any atom is -0.394 e. The fourth-order valence-corrected chi connectivity index (χ4v) is 8.43. The molecule has 0 saturated carbocycles. The number of hydrogen-bond donors (Lipinski definition) is 20. The smallest absolute Gasteiger partial charge is 0.187 e. The van der Waals surface area contributed by atoms with E-state index in [2.05, 4.69) is 0 Å². The van der Waals surface area contributed by atoms with E-state index in [1.807, 2.05) is 0 Å². The van der Waals surface area contributed by atoms with Gasteiger partial charge in [-0.05, 0) is 0 Å². The zero-order chi connectivity index (χ0) is 49.3. The van der Waals surface area contributed by atoms with Crippen LogP contribution in [0.3, 0.4) is 0 Å². The molecule has 0 aromatic heterocycles. The molecule has 0 spiro atoms. The Hall–Kier alpha value is -1.24. The Labute approximate surface area is 378 Å². The molecular weight excluding hydrogens is 928 g/mol. The maximum absolute atomic E-state index is 11.5. The van der Waals surface area contributed by atoms with Gasteiger partial charge in [0.2, 0.25) is 0 Å². The molecule has 30 atom stereocenters. The third-order valence-electron chi connectivity index (χ3n) is 12.4. The van der Waals surface area contributed by atoms with E-state index in [9.17, 15) is 102 Å². The summed E-state index contributed by atoms with van der Waals surface area (Å²) >= 11 is 0. The first kappa shape index (κ1) is 55.1. The SMILES string of the molecule is OC[C@H]1O[C@H](O[C@@H]2[C@H](O)[C@@H](O[C@@H]3[C@@H](O[C@@H]4[C@@H](O[C@@H]5[C@@H](O[C@@H]6C(O)O[C@H](CO)[C@@H](O)[C@@H]6O)O[C@H](CO)[C@@H](O)[C@@H]5O)O[C@H](CO)[C@@H](O)[C@@H]4O)O[C@H](CO)[C@@H](O)[C@@H]3O)O[C@H](CO)[C@H]2O)[C@@H](O)[C@@H](O)[C@@H]1O. The molecule has 1 unspecified atom stereocenters. The van der Waals surface area contributed by atoms with Gasteiger partial charge in [0.1, 0.15) is 146 Å². The molecule has 31 nitrogen and oxygen atoms in total. The van der Waals surface area contributed by atoms with Crippen molar-refractivity contribution in [2.75, 3.05) is 39.6 Å². The minimum atomic E-state index is -2.24. The summed E-state index contributed by atoms with van der Waals surface area (Å²) in [5.41, 5.74) is 0. The summed E-state index contributed by atoms with van der Waals surface area (Å²) < 4.78 is 61.8. The van der Waals surface area contributed by atoms with Gasteiger partial charge >= 0.3 is 0 Å². The summed E-state index contributed by atoms with van der Waals surface area (Å²) in [7, 11) is 0. The predicted octanol–water partition coefficient (Wildman–Crippen LogP) is -14.1. The summed E-state index contributed by atoms with van der Waals surface area (Å²) in [4.78, 5) is 0. The van der Waals surface area contributed by atoms with E-state index in [0.29, 0.717) is 0 Å². The average molecular weight is 991 g/mol. The normalized spacial score (nSPS) is 53.4. The van der Waals surface area contributed by atoms with Crippen molar-refractivity contribution >= 4 is 0 Å². The van der Waals surface area contributed by atoms with Crippen LogP contribution in [-0.4, -0.2) is 326 Å². The zero-order valence-electron chi connectivity index (χ0n) is 35.0. The van der Waals surface area contributed by atoms with Crippen molar-refractivity contribution in [2.24, 2.45) is 0 Å². The lowest BCUT2D eigenvalue weighted by molar-refractivity contribution is -0.415. The van der Waals surface area contributed by atoms with Gasteiger partial charge in [-0.15, -0.1) is 0 Å². The van der Waals surface area contributed by atoms with Crippen LogP contribution in [0.15, 0.2) is 0 Å². The van der Waals surface area contributed by atoms with Crippen molar-refractivity contribution in [3.05, 3.63) is 0 Å². The van der Waals surface area contributed by atoms with E-state index in [-0.39, 0.29) is 0 Å². The highest BCUT2D eigenvalue weighted by Gasteiger charge is 2.58. The lowest BCUT2D eigenvalue weighted by Gasteiger charge is -2.50. The summed E-state index contributed by atoms with van der Waals surface area (Å²) in [5, 5.41) is 211. The monoisotopic (exact) mass is 990 g/mol. The van der Waals surface area contributed by atoms with E-state index in [1.54, 1.807) is 0 Å². The first-order chi connectivity index (χ1) is 31.8. The molecule has 0 aromatic rings. The standard InChI is InChI=1S/C36H62O31/c37-1-7-14(44)20(50)27(31(56)57-7)64-34-29(22(52)16(46)9(3-39)60-34)66-36-30(23(53)17(47)11(5-41)62-36)67-35-28(21(51)15(45)10(4-40)61-35)65-33-25(55)26(18(48)12(6-42)59-33)63-32-24(54)19(49)13(43)8(2-38)58-32/h7-56H,1-6H2/t7-,8-,9-,10-,11-,12-,13-,14-,15-,16-,17-,18-,19+,20+,21+,22+,23+,24+,25+,26+,27+,28+,29+,30+,31?,32-,33-,34-,35-,36-/m1/s1. The highest BCUT2D eigenvalue weighted by molar-refractivity contribution is 5.00. The molecule has 0 bridgehead atoms. The van der Waals surface area contributed by atoms with Crippen LogP contribution in [0.5, 0.6) is 0 Å². The van der Waals surface area contributed by atoms with Crippen molar-refractivity contribution in [3.63, 3.8) is 0 Å². The summed E-state index contributed by atoms with van der Waals surface area (Å²) in [6.07, 6.45) is -59.8. The lowest BCUT2D eigenvalue weighted by atomic mass is 9.95. The maximum Gasteiger partial charge on any atom is 0.187 e. The second-order valence-electron chi connectivity index (χ2n) is 16.8. The Kier molecular flexibility index (Phi) is 19.4. The molecule has 0 aliphatic carbocycles. The first-order valence-electron chi connectivity index (χ1n) is 21.1. The quantitative estimate of drug-likeness (QED) is 0.0683. The number of ether oxygens (including phenoxy) is 11. The van der Waals surface area contributed by atoms with Gasteiger partial charge in [-0.3, -0.25) is 0 Å². The fourth-order valence-electron chi connectivity index (χ4n) is 8.43. The van der Waals surface area contributed by atoms with Gasteiger partial charge in [-0.1, -0.05) is 0 Å². The second kappa shape index (κ2) is 23.5. The van der Waals surface area contributed by atoms with Gasteiger partial charge < -0.3 is 154 Å². The second-order valence-corrected chi connectivity index (χ2v) is 16.8. The maximum atomic E-state index is 11.5. The number of aliphatic hydroxyl groups is 20. The number of aliphatic hydroxyl groups excluding tert-OH is 20. The molecule has 6 heterocycles. The Morgan fingerprint density at radius 2 is 0.478 bits per heavy atom. The van der Waals surface area contributed by atoms with Crippen LogP contribution in [0, 0.1) is 0 Å². The van der Waals surface area contributed by atoms with Gasteiger partial charge in [0.05, 0.1) is 39.6 Å². The van der Waals surface area contributed by atoms with Gasteiger partial charge in [-0.2, -0.15) is 0 Å². The number of rotatable bonds is 16. The molecular formula is C36H62O31. The summed E-state index contributed by atoms with van der Waals surface area (Å²) in [6.45, 7) is -5.83. The molecule has 6 aliphatic rings.